The van der Waals surface area contributed by atoms with Gasteiger partial charge >= 0.3 is 0 Å². The molecule has 1 N–H and O–H groups in total. The fraction of sp³-hybridized carbons (Fsp3) is 0.182. The van der Waals surface area contributed by atoms with Gasteiger partial charge in [0.2, 0.25) is 5.91 Å². The first-order valence-corrected chi connectivity index (χ1v) is 10.1. The fourth-order valence-electron chi connectivity index (χ4n) is 3.33. The lowest BCUT2D eigenvalue weighted by Crippen LogP contribution is -2.31. The number of aromatic nitrogens is 2. The van der Waals surface area contributed by atoms with Crippen LogP contribution in [0.3, 0.4) is 0 Å². The fourth-order valence-corrected chi connectivity index (χ4v) is 3.65. The lowest BCUT2D eigenvalue weighted by molar-refractivity contribution is -0.124. The second-order valence-corrected chi connectivity index (χ2v) is 7.74. The molecule has 1 atom stereocenters. The third kappa shape index (κ3) is 4.20. The van der Waals surface area contributed by atoms with Crippen molar-refractivity contribution in [3.05, 3.63) is 87.8 Å². The van der Waals surface area contributed by atoms with Gasteiger partial charge in [0.05, 0.1) is 33.9 Å². The van der Waals surface area contributed by atoms with Gasteiger partial charge in [-0.05, 0) is 48.9 Å². The molecule has 0 aliphatic carbocycles. The van der Waals surface area contributed by atoms with E-state index in [1.54, 1.807) is 49.6 Å². The first-order chi connectivity index (χ1) is 14.4. The van der Waals surface area contributed by atoms with Crippen LogP contribution < -0.4 is 5.32 Å². The Hall–Kier alpha value is -2.83. The molecule has 0 fully saturated rings. The van der Waals surface area contributed by atoms with Crippen molar-refractivity contribution in [1.82, 2.24) is 14.9 Å². The number of furan rings is 1. The minimum atomic E-state index is -0.572. The number of benzene rings is 2. The van der Waals surface area contributed by atoms with Gasteiger partial charge in [0.15, 0.2) is 0 Å². The predicted molar refractivity (Wildman–Crippen MR) is 114 cm³/mol. The van der Waals surface area contributed by atoms with Crippen LogP contribution in [0.25, 0.3) is 11.0 Å². The summed E-state index contributed by atoms with van der Waals surface area (Å²) in [6, 6.07) is 12.6. The highest BCUT2D eigenvalue weighted by atomic mass is 35.5. The number of imidazole rings is 1. The molecule has 30 heavy (non-hydrogen) atoms. The van der Waals surface area contributed by atoms with Gasteiger partial charge in [-0.3, -0.25) is 4.79 Å². The van der Waals surface area contributed by atoms with E-state index in [2.05, 4.69) is 10.3 Å². The monoisotopic (exact) mass is 445 g/mol. The zero-order valence-electron chi connectivity index (χ0n) is 16.0. The first kappa shape index (κ1) is 20.4. The van der Waals surface area contributed by atoms with Crippen LogP contribution in [0.1, 0.15) is 30.1 Å². The molecule has 2 aromatic heterocycles. The summed E-state index contributed by atoms with van der Waals surface area (Å²) in [5.74, 6) is 0.802. The molecule has 1 amide bonds. The quantitative estimate of drug-likeness (QED) is 0.423. The lowest BCUT2D eigenvalue weighted by Gasteiger charge is -2.17. The van der Waals surface area contributed by atoms with Gasteiger partial charge in [-0.25, -0.2) is 9.37 Å². The van der Waals surface area contributed by atoms with E-state index < -0.39 is 6.04 Å². The number of carbonyl (C=O) groups excluding carboxylic acids is 1. The van der Waals surface area contributed by atoms with Crippen LogP contribution in [0.4, 0.5) is 4.39 Å². The van der Waals surface area contributed by atoms with E-state index in [1.807, 2.05) is 4.57 Å². The Kier molecular flexibility index (Phi) is 5.79. The molecule has 1 unspecified atom stereocenters. The number of fused-ring (bicyclic) bond motifs is 1. The van der Waals surface area contributed by atoms with Gasteiger partial charge in [-0.1, -0.05) is 35.3 Å². The predicted octanol–water partition coefficient (Wildman–Crippen LogP) is 5.54. The van der Waals surface area contributed by atoms with E-state index in [4.69, 9.17) is 27.6 Å². The van der Waals surface area contributed by atoms with Crippen molar-refractivity contribution in [1.29, 1.82) is 0 Å². The number of hydrogen-bond donors (Lipinski definition) is 1. The minimum Gasteiger partial charge on any atom is -0.467 e. The van der Waals surface area contributed by atoms with Crippen LogP contribution in [0, 0.1) is 5.82 Å². The van der Waals surface area contributed by atoms with Crippen molar-refractivity contribution in [2.75, 3.05) is 0 Å². The number of nitrogens with one attached hydrogen (secondary N) is 1. The molecule has 0 aliphatic rings. The third-order valence-electron chi connectivity index (χ3n) is 4.86. The molecule has 0 saturated carbocycles. The lowest BCUT2D eigenvalue weighted by atomic mass is 10.1. The molecule has 0 spiro atoms. The normalized spacial score (nSPS) is 12.3. The van der Waals surface area contributed by atoms with E-state index in [9.17, 15) is 9.18 Å². The summed E-state index contributed by atoms with van der Waals surface area (Å²) in [6.07, 6.45) is 1.97. The summed E-state index contributed by atoms with van der Waals surface area (Å²) < 4.78 is 20.4. The van der Waals surface area contributed by atoms with Gasteiger partial charge in [0, 0.05) is 6.42 Å². The molecule has 2 aromatic carbocycles. The van der Waals surface area contributed by atoms with E-state index >= 15 is 0 Å². The Balaban J connectivity index is 1.70. The summed E-state index contributed by atoms with van der Waals surface area (Å²) in [4.78, 5) is 17.5. The van der Waals surface area contributed by atoms with Gasteiger partial charge in [0.25, 0.3) is 0 Å². The van der Waals surface area contributed by atoms with E-state index in [0.29, 0.717) is 39.1 Å². The highest BCUT2D eigenvalue weighted by Crippen LogP contribution is 2.31. The van der Waals surface area contributed by atoms with E-state index in [1.165, 1.54) is 12.1 Å². The molecule has 8 heteroatoms. The highest BCUT2D eigenvalue weighted by Gasteiger charge is 2.23. The Bertz CT molecular complexity index is 1190. The molecule has 4 rings (SSSR count). The molecule has 0 bridgehead atoms. The van der Waals surface area contributed by atoms with Crippen molar-refractivity contribution in [2.45, 2.75) is 25.9 Å². The number of hydrogen-bond acceptors (Lipinski definition) is 3. The first-order valence-electron chi connectivity index (χ1n) is 9.33. The summed E-state index contributed by atoms with van der Waals surface area (Å²) in [5.41, 5.74) is 2.20. The van der Waals surface area contributed by atoms with Crippen LogP contribution in [-0.4, -0.2) is 15.5 Å². The van der Waals surface area contributed by atoms with Crippen molar-refractivity contribution in [2.24, 2.45) is 0 Å². The highest BCUT2D eigenvalue weighted by molar-refractivity contribution is 6.42. The van der Waals surface area contributed by atoms with Gasteiger partial charge in [-0.2, -0.15) is 0 Å². The number of carbonyl (C=O) groups is 1. The van der Waals surface area contributed by atoms with Crippen LogP contribution >= 0.6 is 23.2 Å². The molecular weight excluding hydrogens is 428 g/mol. The molecule has 4 aromatic rings. The number of rotatable bonds is 6. The van der Waals surface area contributed by atoms with Crippen molar-refractivity contribution >= 4 is 40.1 Å². The largest absolute Gasteiger partial charge is 0.467 e. The average Bonchev–Trinajstić information content (AvgIpc) is 3.35. The molecule has 0 radical (unpaired) electrons. The Morgan fingerprint density at radius 1 is 1.20 bits per heavy atom. The van der Waals surface area contributed by atoms with E-state index in [0.717, 1.165) is 5.56 Å². The van der Waals surface area contributed by atoms with Crippen LogP contribution in [-0.2, 0) is 17.8 Å². The molecule has 0 aliphatic heterocycles. The molecule has 154 valence electrons. The van der Waals surface area contributed by atoms with Gasteiger partial charge < -0.3 is 14.3 Å². The van der Waals surface area contributed by atoms with Crippen LogP contribution in [0.5, 0.6) is 0 Å². The maximum atomic E-state index is 13.3. The average molecular weight is 446 g/mol. The van der Waals surface area contributed by atoms with Crippen molar-refractivity contribution in [3.8, 4) is 0 Å². The molecular formula is C22H18Cl2FN3O2. The van der Waals surface area contributed by atoms with Crippen molar-refractivity contribution < 1.29 is 13.6 Å². The zero-order chi connectivity index (χ0) is 21.3. The summed E-state index contributed by atoms with van der Waals surface area (Å²) in [7, 11) is 0. The van der Waals surface area contributed by atoms with Gasteiger partial charge in [0.1, 0.15) is 23.4 Å². The molecule has 2 heterocycles. The second-order valence-electron chi connectivity index (χ2n) is 6.93. The van der Waals surface area contributed by atoms with E-state index in [-0.39, 0.29) is 18.3 Å². The number of halogens is 3. The summed E-state index contributed by atoms with van der Waals surface area (Å²) in [6.45, 7) is 2.07. The smallest absolute Gasteiger partial charge is 0.243 e. The van der Waals surface area contributed by atoms with Crippen LogP contribution in [0.2, 0.25) is 10.0 Å². The Morgan fingerprint density at radius 3 is 2.63 bits per heavy atom. The van der Waals surface area contributed by atoms with Gasteiger partial charge in [-0.15, -0.1) is 0 Å². The maximum absolute atomic E-state index is 13.3. The summed E-state index contributed by atoms with van der Waals surface area (Å²) >= 11 is 12.4. The third-order valence-corrected chi connectivity index (χ3v) is 5.59. The Morgan fingerprint density at radius 2 is 1.93 bits per heavy atom. The van der Waals surface area contributed by atoms with Crippen molar-refractivity contribution in [3.63, 3.8) is 0 Å². The number of amides is 1. The number of nitrogens with zero attached hydrogens (tertiary/aromatic N) is 2. The minimum absolute atomic E-state index is 0.197. The SMILES string of the molecule is CC(C(=O)NCc1ccco1)n1c(Cc2ccc(F)cc2)nc2cc(Cl)c(Cl)cc21. The summed E-state index contributed by atoms with van der Waals surface area (Å²) in [5, 5.41) is 3.64. The topological polar surface area (TPSA) is 60.1 Å². The van der Waals surface area contributed by atoms with Crippen LogP contribution in [0.15, 0.2) is 59.2 Å². The molecule has 5 nitrogen and oxygen atoms in total. The zero-order valence-corrected chi connectivity index (χ0v) is 17.5. The maximum Gasteiger partial charge on any atom is 0.243 e. The Labute approximate surface area is 182 Å². The second kappa shape index (κ2) is 8.50. The standard InChI is InChI=1S/C22H18Cl2FN3O2/c1-13(22(29)26-12-16-3-2-8-30-16)28-20-11-18(24)17(23)10-19(20)27-21(28)9-14-4-6-15(25)7-5-14/h2-8,10-11,13H,9,12H2,1H3,(H,26,29). The molecule has 0 saturated heterocycles.